The molecule has 0 aliphatic heterocycles. The average Bonchev–Trinajstić information content (AvgIpc) is 2.76. The molecule has 3 rings (SSSR count). The third-order valence-corrected chi connectivity index (χ3v) is 7.34. The van der Waals surface area contributed by atoms with Gasteiger partial charge in [-0.1, -0.05) is 70.1 Å². The number of pyridine rings is 1. The van der Waals surface area contributed by atoms with E-state index < -0.39 is 17.7 Å². The van der Waals surface area contributed by atoms with Crippen molar-refractivity contribution in [1.82, 2.24) is 4.98 Å². The molecule has 2 aliphatic rings. The van der Waals surface area contributed by atoms with Crippen LogP contribution in [0, 0.1) is 53.2 Å². The van der Waals surface area contributed by atoms with Gasteiger partial charge in [-0.3, -0.25) is 0 Å². The Balaban J connectivity index is 1.38. The van der Waals surface area contributed by atoms with Gasteiger partial charge in [-0.25, -0.2) is 4.39 Å². The molecule has 0 bridgehead atoms. The maximum Gasteiger partial charge on any atom is 0.251 e. The molecule has 1 nitrogen and oxygen atoms in total. The van der Waals surface area contributed by atoms with E-state index in [2.05, 4.69) is 23.7 Å². The Morgan fingerprint density at radius 3 is 2.13 bits per heavy atom. The minimum atomic E-state index is -1.41. The Kier molecular flexibility index (Phi) is 9.09. The minimum Gasteiger partial charge on any atom is -0.202 e. The molecule has 1 heterocycles. The summed E-state index contributed by atoms with van der Waals surface area (Å²) in [7, 11) is 0. The van der Waals surface area contributed by atoms with E-state index in [1.54, 1.807) is 0 Å². The Morgan fingerprint density at radius 1 is 0.833 bits per heavy atom. The first-order valence-electron chi connectivity index (χ1n) is 12.1. The van der Waals surface area contributed by atoms with Crippen molar-refractivity contribution in [3.63, 3.8) is 0 Å². The summed E-state index contributed by atoms with van der Waals surface area (Å²) in [5.74, 6) is 5.00. The second kappa shape index (κ2) is 11.8. The lowest BCUT2D eigenvalue weighted by molar-refractivity contribution is 0.153. The molecule has 0 unspecified atom stereocenters. The van der Waals surface area contributed by atoms with Gasteiger partial charge in [0.25, 0.3) is 5.95 Å². The quantitative estimate of drug-likeness (QED) is 0.249. The summed E-state index contributed by atoms with van der Waals surface area (Å²) in [6.45, 7) is 2.27. The van der Waals surface area contributed by atoms with Crippen molar-refractivity contribution in [2.45, 2.75) is 96.8 Å². The van der Waals surface area contributed by atoms with E-state index in [4.69, 9.17) is 0 Å². The first kappa shape index (κ1) is 23.2. The van der Waals surface area contributed by atoms with Crippen LogP contribution in [-0.4, -0.2) is 4.98 Å². The van der Waals surface area contributed by atoms with E-state index in [-0.39, 0.29) is 11.5 Å². The minimum absolute atomic E-state index is 0.149. The Hall–Kier alpha value is -1.50. The highest BCUT2D eigenvalue weighted by atomic mass is 19.2. The number of halogens is 3. The third-order valence-electron chi connectivity index (χ3n) is 7.34. The van der Waals surface area contributed by atoms with Crippen LogP contribution in [0.1, 0.15) is 102 Å². The van der Waals surface area contributed by atoms with Gasteiger partial charge in [0.15, 0.2) is 5.82 Å². The third kappa shape index (κ3) is 6.76. The zero-order valence-corrected chi connectivity index (χ0v) is 18.4. The van der Waals surface area contributed by atoms with Gasteiger partial charge in [0.05, 0.1) is 5.56 Å². The molecule has 0 N–H and O–H groups in total. The molecule has 0 spiro atoms. The Labute approximate surface area is 180 Å². The smallest absolute Gasteiger partial charge is 0.202 e. The lowest BCUT2D eigenvalue weighted by Gasteiger charge is -2.37. The lowest BCUT2D eigenvalue weighted by Crippen LogP contribution is -2.25. The molecule has 0 aromatic carbocycles. The van der Waals surface area contributed by atoms with Crippen LogP contribution in [0.25, 0.3) is 0 Å². The van der Waals surface area contributed by atoms with Crippen LogP contribution < -0.4 is 0 Å². The first-order valence-corrected chi connectivity index (χ1v) is 12.1. The van der Waals surface area contributed by atoms with Crippen LogP contribution >= 0.6 is 0 Å². The van der Waals surface area contributed by atoms with Gasteiger partial charge in [-0.15, -0.1) is 0 Å². The number of aromatic nitrogens is 1. The summed E-state index contributed by atoms with van der Waals surface area (Å²) in [4.78, 5) is 2.94. The number of rotatable bonds is 7. The molecule has 4 heteroatoms. The molecule has 166 valence electrons. The molecule has 2 saturated carbocycles. The Bertz CT molecular complexity index is 720. The molecule has 30 heavy (non-hydrogen) atoms. The SMILES string of the molecule is CCCCCCC[C@H]1CC[C@H](C2CCC(C#Cc3cc(F)c(F)nc3F)CC2)CC1. The first-order chi connectivity index (χ1) is 14.6. The van der Waals surface area contributed by atoms with Crippen LogP contribution in [-0.2, 0) is 0 Å². The van der Waals surface area contributed by atoms with Gasteiger partial charge >= 0.3 is 0 Å². The molecule has 1 aromatic rings. The van der Waals surface area contributed by atoms with Gasteiger partial charge in [-0.2, -0.15) is 13.8 Å². The van der Waals surface area contributed by atoms with Crippen LogP contribution in [0.4, 0.5) is 13.2 Å². The van der Waals surface area contributed by atoms with Crippen LogP contribution in [0.5, 0.6) is 0 Å². The second-order valence-electron chi connectivity index (χ2n) is 9.46. The van der Waals surface area contributed by atoms with E-state index in [9.17, 15) is 13.2 Å². The van der Waals surface area contributed by atoms with Crippen LogP contribution in [0.15, 0.2) is 6.07 Å². The van der Waals surface area contributed by atoms with E-state index in [0.29, 0.717) is 0 Å². The summed E-state index contributed by atoms with van der Waals surface area (Å²) in [5.41, 5.74) is -0.149. The maximum absolute atomic E-state index is 13.6. The largest absolute Gasteiger partial charge is 0.251 e. The van der Waals surface area contributed by atoms with Gasteiger partial charge < -0.3 is 0 Å². The highest BCUT2D eigenvalue weighted by Gasteiger charge is 2.30. The maximum atomic E-state index is 13.6. The molecule has 2 aliphatic carbocycles. The summed E-state index contributed by atoms with van der Waals surface area (Å²) in [6.07, 6.45) is 18.3. The molecule has 0 amide bonds. The highest BCUT2D eigenvalue weighted by molar-refractivity contribution is 5.33. The summed E-state index contributed by atoms with van der Waals surface area (Å²) >= 11 is 0. The molecule has 0 saturated heterocycles. The number of unbranched alkanes of at least 4 members (excludes halogenated alkanes) is 4. The zero-order valence-electron chi connectivity index (χ0n) is 18.4. The number of hydrogen-bond donors (Lipinski definition) is 0. The van der Waals surface area contributed by atoms with Crippen molar-refractivity contribution in [2.24, 2.45) is 23.7 Å². The normalized spacial score (nSPS) is 26.8. The lowest BCUT2D eigenvalue weighted by atomic mass is 9.69. The molecular weight excluding hydrogens is 383 g/mol. The van der Waals surface area contributed by atoms with E-state index in [1.165, 1.54) is 77.0 Å². The van der Waals surface area contributed by atoms with Crippen LogP contribution in [0.2, 0.25) is 0 Å². The fourth-order valence-corrected chi connectivity index (χ4v) is 5.43. The fourth-order valence-electron chi connectivity index (χ4n) is 5.43. The monoisotopic (exact) mass is 419 g/mol. The van der Waals surface area contributed by atoms with Gasteiger partial charge in [0.1, 0.15) is 0 Å². The Morgan fingerprint density at radius 2 is 1.47 bits per heavy atom. The highest BCUT2D eigenvalue weighted by Crippen LogP contribution is 2.42. The topological polar surface area (TPSA) is 12.9 Å². The van der Waals surface area contributed by atoms with Crippen LogP contribution in [0.3, 0.4) is 0 Å². The van der Waals surface area contributed by atoms with E-state index in [0.717, 1.165) is 36.7 Å². The van der Waals surface area contributed by atoms with Crippen molar-refractivity contribution < 1.29 is 13.2 Å². The second-order valence-corrected chi connectivity index (χ2v) is 9.46. The summed E-state index contributed by atoms with van der Waals surface area (Å²) in [5, 5.41) is 0. The summed E-state index contributed by atoms with van der Waals surface area (Å²) < 4.78 is 39.8. The average molecular weight is 420 g/mol. The number of nitrogens with zero attached hydrogens (tertiary/aromatic N) is 1. The predicted molar refractivity (Wildman–Crippen MR) is 115 cm³/mol. The van der Waals surface area contributed by atoms with E-state index in [1.807, 2.05) is 0 Å². The van der Waals surface area contributed by atoms with Crippen molar-refractivity contribution >= 4 is 0 Å². The molecule has 1 aromatic heterocycles. The molecule has 2 fully saturated rings. The molecular formula is C26H36F3N. The molecule has 0 atom stereocenters. The van der Waals surface area contributed by atoms with Crippen molar-refractivity contribution in [1.29, 1.82) is 0 Å². The van der Waals surface area contributed by atoms with Crippen molar-refractivity contribution in [3.05, 3.63) is 29.3 Å². The predicted octanol–water partition coefficient (Wildman–Crippen LogP) is 7.82. The van der Waals surface area contributed by atoms with Crippen molar-refractivity contribution in [2.75, 3.05) is 0 Å². The van der Waals surface area contributed by atoms with Gasteiger partial charge in [0, 0.05) is 5.92 Å². The van der Waals surface area contributed by atoms with Gasteiger partial charge in [0.2, 0.25) is 5.95 Å². The summed E-state index contributed by atoms with van der Waals surface area (Å²) in [6, 6.07) is 0.804. The van der Waals surface area contributed by atoms with E-state index >= 15 is 0 Å². The number of hydrogen-bond acceptors (Lipinski definition) is 1. The molecule has 0 radical (unpaired) electrons. The van der Waals surface area contributed by atoms with Crippen molar-refractivity contribution in [3.8, 4) is 11.8 Å². The fraction of sp³-hybridized carbons (Fsp3) is 0.731. The zero-order chi connectivity index (χ0) is 21.3. The standard InChI is InChI=1S/C26H36F3N/c1-2-3-4-5-6-7-19-8-13-21(14-9-19)22-15-10-20(11-16-22)12-17-23-18-24(27)26(29)30-25(23)28/h18-22H,2-11,13-16H2,1H3/t19-,20?,21-,22?. The van der Waals surface area contributed by atoms with Gasteiger partial charge in [-0.05, 0) is 62.3 Å².